The number of alkyl halides is 1. The Balaban J connectivity index is -0.000000320. The summed E-state index contributed by atoms with van der Waals surface area (Å²) in [6.45, 7) is -1.45. The van der Waals surface area contributed by atoms with Crippen LogP contribution in [0.25, 0.3) is 0 Å². The third kappa shape index (κ3) is 5.35. The molecule has 11 heavy (non-hydrogen) atoms. The molecule has 0 aliphatic heterocycles. The molecule has 0 aromatic heterocycles. The van der Waals surface area contributed by atoms with Crippen molar-refractivity contribution in [3.05, 3.63) is 10.1 Å². The summed E-state index contributed by atoms with van der Waals surface area (Å²) in [7, 11) is 0. The fraction of sp³-hybridized carbons (Fsp3) is 1.00. The molecule has 0 aromatic carbocycles. The van der Waals surface area contributed by atoms with Crippen LogP contribution in [0.5, 0.6) is 0 Å². The third-order valence-electron chi connectivity index (χ3n) is 0.812. The molecule has 8 heteroatoms. The number of hydrogen-bond acceptors (Lipinski definition) is 4. The molecule has 0 aliphatic rings. The number of nitro groups is 1. The smallest absolute Gasteiger partial charge is 1.00 e. The molecular weight excluding hydrogens is 252 g/mol. The molecule has 0 atom stereocenters. The summed E-state index contributed by atoms with van der Waals surface area (Å²) in [5, 5.41) is 26.5. The van der Waals surface area contributed by atoms with Gasteiger partial charge in [0.05, 0.1) is 0 Å². The van der Waals surface area contributed by atoms with E-state index in [1.165, 1.54) is 0 Å². The van der Waals surface area contributed by atoms with E-state index in [1.54, 1.807) is 0 Å². The van der Waals surface area contributed by atoms with Crippen LogP contribution in [0.3, 0.4) is 0 Å². The fourth-order valence-corrected chi connectivity index (χ4v) is 0.165. The molecule has 2 N–H and O–H groups in total. The Morgan fingerprint density at radius 3 is 1.73 bits per heavy atom. The Labute approximate surface area is 100 Å². The standard InChI is InChI=1S/C3H6BrNO4.ClH.Na/c4-3(1-6,2-7)5(8)9;;/h6-7H,1-2H2;1H;/q;;+1/p-1. The summed E-state index contributed by atoms with van der Waals surface area (Å²) in [6.07, 6.45) is 0. The van der Waals surface area contributed by atoms with Gasteiger partial charge in [0.25, 0.3) is 0 Å². The molecule has 0 bridgehead atoms. The Bertz CT molecular complexity index is 122. The summed E-state index contributed by atoms with van der Waals surface area (Å²) in [5.41, 5.74) is 0. The molecule has 0 amide bonds. The van der Waals surface area contributed by atoms with E-state index in [-0.39, 0.29) is 42.0 Å². The molecule has 0 saturated carbocycles. The molecule has 0 radical (unpaired) electrons. The van der Waals surface area contributed by atoms with Gasteiger partial charge >= 0.3 is 34.0 Å². The van der Waals surface area contributed by atoms with Crippen LogP contribution in [0.1, 0.15) is 0 Å². The fourth-order valence-electron chi connectivity index (χ4n) is 0.165. The maximum atomic E-state index is 9.92. The van der Waals surface area contributed by atoms with Gasteiger partial charge < -0.3 is 22.6 Å². The van der Waals surface area contributed by atoms with E-state index in [2.05, 4.69) is 15.9 Å². The van der Waals surface area contributed by atoms with Crippen LogP contribution >= 0.6 is 15.9 Å². The first-order valence-corrected chi connectivity index (χ1v) is 2.91. The predicted octanol–water partition coefficient (Wildman–Crippen LogP) is -6.65. The third-order valence-corrected chi connectivity index (χ3v) is 1.60. The average Bonchev–Trinajstić information content (AvgIpc) is 1.86. The zero-order valence-corrected chi connectivity index (χ0v) is 10.2. The summed E-state index contributed by atoms with van der Waals surface area (Å²) in [6, 6.07) is 0. The normalized spacial score (nSPS) is 9.36. The molecule has 62 valence electrons. The van der Waals surface area contributed by atoms with Crippen molar-refractivity contribution in [3.63, 3.8) is 0 Å². The Morgan fingerprint density at radius 2 is 1.73 bits per heavy atom. The van der Waals surface area contributed by atoms with E-state index in [0.29, 0.717) is 0 Å². The van der Waals surface area contributed by atoms with E-state index in [0.717, 1.165) is 0 Å². The van der Waals surface area contributed by atoms with Gasteiger partial charge in [0.1, 0.15) is 13.2 Å². The minimum Gasteiger partial charge on any atom is -1.00 e. The van der Waals surface area contributed by atoms with Gasteiger partial charge in [0.2, 0.25) is 0 Å². The van der Waals surface area contributed by atoms with E-state index < -0.39 is 22.6 Å². The van der Waals surface area contributed by atoms with Crippen molar-refractivity contribution in [2.45, 2.75) is 4.45 Å². The van der Waals surface area contributed by atoms with Crippen LogP contribution in [0.15, 0.2) is 0 Å². The largest absolute Gasteiger partial charge is 1.00 e. The van der Waals surface area contributed by atoms with Crippen LogP contribution in [-0.4, -0.2) is 32.8 Å². The number of hydrogen-bond donors (Lipinski definition) is 2. The minimum atomic E-state index is -1.77. The predicted molar refractivity (Wildman–Crippen MR) is 32.8 cm³/mol. The Morgan fingerprint density at radius 1 is 1.45 bits per heavy atom. The van der Waals surface area contributed by atoms with E-state index >= 15 is 0 Å². The van der Waals surface area contributed by atoms with Crippen molar-refractivity contribution < 1.29 is 57.1 Å². The number of aliphatic hydroxyl groups is 2. The molecule has 0 heterocycles. The zero-order valence-electron chi connectivity index (χ0n) is 5.83. The quantitative estimate of drug-likeness (QED) is 0.173. The van der Waals surface area contributed by atoms with Crippen molar-refractivity contribution in [3.8, 4) is 0 Å². The van der Waals surface area contributed by atoms with Gasteiger partial charge in [0, 0.05) is 20.9 Å². The van der Waals surface area contributed by atoms with Gasteiger partial charge in [-0.3, -0.25) is 10.1 Å². The molecule has 0 spiro atoms. The topological polar surface area (TPSA) is 83.6 Å². The van der Waals surface area contributed by atoms with Crippen LogP contribution in [0.4, 0.5) is 0 Å². The van der Waals surface area contributed by atoms with Gasteiger partial charge in [-0.05, 0) is 0 Å². The maximum absolute atomic E-state index is 9.92. The first-order chi connectivity index (χ1) is 4.06. The van der Waals surface area contributed by atoms with Crippen molar-refractivity contribution in [1.29, 1.82) is 0 Å². The van der Waals surface area contributed by atoms with Crippen molar-refractivity contribution in [2.24, 2.45) is 0 Å². The number of nitrogens with zero attached hydrogens (tertiary/aromatic N) is 1. The van der Waals surface area contributed by atoms with Crippen LogP contribution in [0.2, 0.25) is 0 Å². The van der Waals surface area contributed by atoms with Gasteiger partial charge in [-0.1, -0.05) is 0 Å². The van der Waals surface area contributed by atoms with Crippen LogP contribution in [-0.2, 0) is 0 Å². The van der Waals surface area contributed by atoms with Crippen LogP contribution in [0, 0.1) is 10.1 Å². The Hall–Kier alpha value is 1.09. The first-order valence-electron chi connectivity index (χ1n) is 2.12. The summed E-state index contributed by atoms with van der Waals surface area (Å²) in [4.78, 5) is 9.14. The van der Waals surface area contributed by atoms with E-state index in [1.807, 2.05) is 0 Å². The van der Waals surface area contributed by atoms with Gasteiger partial charge in [0.15, 0.2) is 0 Å². The summed E-state index contributed by atoms with van der Waals surface area (Å²) >= 11 is 2.55. The number of halogens is 2. The number of rotatable bonds is 3. The van der Waals surface area contributed by atoms with Crippen molar-refractivity contribution >= 4 is 15.9 Å². The second-order valence-electron chi connectivity index (χ2n) is 1.49. The first kappa shape index (κ1) is 18.0. The molecule has 0 unspecified atom stereocenters. The molecule has 0 fully saturated rings. The average molecular weight is 258 g/mol. The van der Waals surface area contributed by atoms with E-state index in [4.69, 9.17) is 10.2 Å². The van der Waals surface area contributed by atoms with Gasteiger partial charge in [-0.2, -0.15) is 0 Å². The van der Waals surface area contributed by atoms with Crippen molar-refractivity contribution in [2.75, 3.05) is 13.2 Å². The Kier molecular flexibility index (Phi) is 12.6. The van der Waals surface area contributed by atoms with Crippen LogP contribution < -0.4 is 42.0 Å². The number of aliphatic hydroxyl groups excluding tert-OH is 2. The summed E-state index contributed by atoms with van der Waals surface area (Å²) < 4.78 is -1.77. The van der Waals surface area contributed by atoms with Gasteiger partial charge in [-0.15, -0.1) is 0 Å². The summed E-state index contributed by atoms with van der Waals surface area (Å²) in [5.74, 6) is 0. The van der Waals surface area contributed by atoms with Crippen molar-refractivity contribution in [1.82, 2.24) is 0 Å². The maximum Gasteiger partial charge on any atom is 1.00 e. The molecular formula is C3H6BrClNNaO4. The van der Waals surface area contributed by atoms with Gasteiger partial charge in [-0.25, -0.2) is 0 Å². The molecule has 0 saturated heterocycles. The monoisotopic (exact) mass is 257 g/mol. The SMILES string of the molecule is O=[N+]([O-])C(Br)(CO)CO.[Cl-].[Na+]. The molecule has 5 nitrogen and oxygen atoms in total. The molecule has 0 rings (SSSR count). The second kappa shape index (κ2) is 7.72. The zero-order chi connectivity index (χ0) is 7.49. The second-order valence-corrected chi connectivity index (χ2v) is 2.97. The molecule has 0 aromatic rings. The minimum absolute atomic E-state index is 0. The van der Waals surface area contributed by atoms with E-state index in [9.17, 15) is 10.1 Å². The molecule has 0 aliphatic carbocycles.